The second kappa shape index (κ2) is 10.8. The number of halogens is 1. The van der Waals surface area contributed by atoms with Gasteiger partial charge in [0.15, 0.2) is 0 Å². The Labute approximate surface area is 187 Å². The minimum Gasteiger partial charge on any atom is -0.207 e. The zero-order valence-corrected chi connectivity index (χ0v) is 18.6. The SMILES string of the molecule is O=S(=O)(c1ccc(Br)cc1)N(CC#Cc1ccccc1)CC#CC1C=CC=CC=C1. The van der Waals surface area contributed by atoms with E-state index in [4.69, 9.17) is 0 Å². The average molecular weight is 478 g/mol. The summed E-state index contributed by atoms with van der Waals surface area (Å²) in [6, 6.07) is 16.1. The fourth-order valence-corrected chi connectivity index (χ4v) is 4.15. The largest absolute Gasteiger partial charge is 0.244 e. The Kier molecular flexibility index (Phi) is 7.88. The molecule has 3 rings (SSSR count). The molecule has 0 aromatic heterocycles. The number of benzene rings is 2. The number of nitrogens with zero attached hydrogens (tertiary/aromatic N) is 1. The van der Waals surface area contributed by atoms with Crippen LogP contribution < -0.4 is 0 Å². The summed E-state index contributed by atoms with van der Waals surface area (Å²) in [7, 11) is -3.72. The molecule has 0 saturated heterocycles. The van der Waals surface area contributed by atoms with Crippen LogP contribution in [0.5, 0.6) is 0 Å². The van der Waals surface area contributed by atoms with Gasteiger partial charge in [-0.15, -0.1) is 0 Å². The van der Waals surface area contributed by atoms with E-state index in [0.29, 0.717) is 0 Å². The minimum absolute atomic E-state index is 0.0485. The van der Waals surface area contributed by atoms with Crippen molar-refractivity contribution in [3.63, 3.8) is 0 Å². The fourth-order valence-electron chi connectivity index (χ4n) is 2.64. The molecule has 0 saturated carbocycles. The molecule has 2 aromatic carbocycles. The van der Waals surface area contributed by atoms with E-state index in [2.05, 4.69) is 39.6 Å². The van der Waals surface area contributed by atoms with Crippen LogP contribution in [0.25, 0.3) is 0 Å². The molecule has 0 aliphatic heterocycles. The lowest BCUT2D eigenvalue weighted by Crippen LogP contribution is -2.32. The molecule has 30 heavy (non-hydrogen) atoms. The molecule has 0 bridgehead atoms. The van der Waals surface area contributed by atoms with Gasteiger partial charge in [-0.1, -0.05) is 94.3 Å². The van der Waals surface area contributed by atoms with Gasteiger partial charge in [-0.3, -0.25) is 0 Å². The van der Waals surface area contributed by atoms with Crippen molar-refractivity contribution in [1.82, 2.24) is 4.31 Å². The lowest BCUT2D eigenvalue weighted by atomic mass is 10.1. The summed E-state index contributed by atoms with van der Waals surface area (Å²) >= 11 is 3.34. The molecule has 0 atom stereocenters. The molecule has 0 unspecified atom stereocenters. The zero-order valence-electron chi connectivity index (χ0n) is 16.2. The normalized spacial score (nSPS) is 13.3. The number of hydrogen-bond donors (Lipinski definition) is 0. The van der Waals surface area contributed by atoms with Gasteiger partial charge in [0.1, 0.15) is 0 Å². The van der Waals surface area contributed by atoms with Crippen LogP contribution >= 0.6 is 15.9 Å². The molecule has 5 heteroatoms. The van der Waals surface area contributed by atoms with Crippen molar-refractivity contribution in [1.29, 1.82) is 0 Å². The first kappa shape index (κ1) is 21.9. The molecule has 0 radical (unpaired) electrons. The van der Waals surface area contributed by atoms with Crippen LogP contribution in [0, 0.1) is 29.6 Å². The highest BCUT2D eigenvalue weighted by Crippen LogP contribution is 2.18. The van der Waals surface area contributed by atoms with Gasteiger partial charge >= 0.3 is 0 Å². The molecule has 150 valence electrons. The van der Waals surface area contributed by atoms with E-state index in [1.165, 1.54) is 4.31 Å². The molecule has 1 aliphatic rings. The molecule has 1 aliphatic carbocycles. The van der Waals surface area contributed by atoms with Gasteiger partial charge in [0.25, 0.3) is 0 Å². The summed E-state index contributed by atoms with van der Waals surface area (Å²) in [5, 5.41) is 0. The highest BCUT2D eigenvalue weighted by atomic mass is 79.9. The standard InChI is InChI=1S/C25H20BrNO2S/c26-24-16-18-25(19-17-24)30(28,29)27(21-9-15-23-12-6-3-7-13-23)20-8-14-22-10-4-1-2-5-11-22/h1-7,10-13,16-19,22H,20-21H2. The molecule has 2 aromatic rings. The van der Waals surface area contributed by atoms with Gasteiger partial charge in [-0.25, -0.2) is 8.42 Å². The average Bonchev–Trinajstić information content (AvgIpc) is 3.02. The molecule has 0 heterocycles. The smallest absolute Gasteiger partial charge is 0.207 e. The van der Waals surface area contributed by atoms with Crippen molar-refractivity contribution in [3.05, 3.63) is 101 Å². The van der Waals surface area contributed by atoms with E-state index in [0.717, 1.165) is 10.0 Å². The summed E-state index contributed by atoms with van der Waals surface area (Å²) in [6.45, 7) is 0.118. The topological polar surface area (TPSA) is 37.4 Å². The summed E-state index contributed by atoms with van der Waals surface area (Å²) in [6.07, 6.45) is 11.7. The summed E-state index contributed by atoms with van der Waals surface area (Å²) < 4.78 is 28.4. The Bertz CT molecular complexity index is 1160. The monoisotopic (exact) mass is 477 g/mol. The maximum atomic E-state index is 13.2. The lowest BCUT2D eigenvalue weighted by Gasteiger charge is -2.17. The maximum Gasteiger partial charge on any atom is 0.244 e. The highest BCUT2D eigenvalue weighted by Gasteiger charge is 2.23. The van der Waals surface area contributed by atoms with Gasteiger partial charge in [0.2, 0.25) is 10.0 Å². The molecule has 3 nitrogen and oxygen atoms in total. The van der Waals surface area contributed by atoms with Gasteiger partial charge in [-0.2, -0.15) is 4.31 Å². The minimum atomic E-state index is -3.72. The molecule has 0 spiro atoms. The van der Waals surface area contributed by atoms with E-state index in [9.17, 15) is 8.42 Å². The van der Waals surface area contributed by atoms with Crippen molar-refractivity contribution >= 4 is 26.0 Å². The van der Waals surface area contributed by atoms with Gasteiger partial charge in [-0.05, 0) is 36.4 Å². The fraction of sp³-hybridized carbons (Fsp3) is 0.120. The second-order valence-electron chi connectivity index (χ2n) is 6.40. The zero-order chi connectivity index (χ0) is 21.2. The molecule has 0 N–H and O–H groups in total. The maximum absolute atomic E-state index is 13.2. The first-order valence-corrected chi connectivity index (χ1v) is 11.6. The third kappa shape index (κ3) is 6.34. The summed E-state index contributed by atoms with van der Waals surface area (Å²) in [5.41, 5.74) is 0.839. The molecular weight excluding hydrogens is 458 g/mol. The van der Waals surface area contributed by atoms with E-state index in [1.807, 2.05) is 66.8 Å². The Morgan fingerprint density at radius 3 is 2.13 bits per heavy atom. The van der Waals surface area contributed by atoms with E-state index < -0.39 is 10.0 Å². The van der Waals surface area contributed by atoms with Crippen LogP contribution in [-0.2, 0) is 10.0 Å². The summed E-state index contributed by atoms with van der Waals surface area (Å²) in [4.78, 5) is 0.215. The van der Waals surface area contributed by atoms with Crippen LogP contribution in [0.15, 0.2) is 100 Å². The molecular formula is C25H20BrNO2S. The first-order chi connectivity index (χ1) is 14.6. The number of sulfonamides is 1. The van der Waals surface area contributed by atoms with Crippen molar-refractivity contribution in [2.75, 3.05) is 13.1 Å². The van der Waals surface area contributed by atoms with Crippen LogP contribution in [0.1, 0.15) is 5.56 Å². The van der Waals surface area contributed by atoms with Crippen LogP contribution in [0.2, 0.25) is 0 Å². The third-order valence-electron chi connectivity index (χ3n) is 4.21. The predicted molar refractivity (Wildman–Crippen MR) is 125 cm³/mol. The second-order valence-corrected chi connectivity index (χ2v) is 9.25. The van der Waals surface area contributed by atoms with Crippen LogP contribution in [0.3, 0.4) is 0 Å². The van der Waals surface area contributed by atoms with Crippen molar-refractivity contribution < 1.29 is 8.42 Å². The summed E-state index contributed by atoms with van der Waals surface area (Å²) in [5.74, 6) is 12.0. The van der Waals surface area contributed by atoms with Gasteiger partial charge < -0.3 is 0 Å². The lowest BCUT2D eigenvalue weighted by molar-refractivity contribution is 0.482. The van der Waals surface area contributed by atoms with E-state index in [-0.39, 0.29) is 23.9 Å². The Morgan fingerprint density at radius 1 is 0.833 bits per heavy atom. The van der Waals surface area contributed by atoms with Crippen LogP contribution in [-0.4, -0.2) is 25.8 Å². The van der Waals surface area contributed by atoms with Crippen molar-refractivity contribution in [2.24, 2.45) is 5.92 Å². The molecule has 0 amide bonds. The predicted octanol–water partition coefficient (Wildman–Crippen LogP) is 4.79. The van der Waals surface area contributed by atoms with Gasteiger partial charge in [0.05, 0.1) is 23.9 Å². The number of hydrogen-bond acceptors (Lipinski definition) is 2. The van der Waals surface area contributed by atoms with Crippen LogP contribution in [0.4, 0.5) is 0 Å². The Morgan fingerprint density at radius 2 is 1.47 bits per heavy atom. The van der Waals surface area contributed by atoms with Crippen molar-refractivity contribution in [3.8, 4) is 23.7 Å². The molecule has 0 fully saturated rings. The first-order valence-electron chi connectivity index (χ1n) is 9.35. The van der Waals surface area contributed by atoms with Gasteiger partial charge in [0, 0.05) is 10.0 Å². The quantitative estimate of drug-likeness (QED) is 0.593. The number of rotatable bonds is 4. The Balaban J connectivity index is 1.83. The van der Waals surface area contributed by atoms with Crippen molar-refractivity contribution in [2.45, 2.75) is 4.90 Å². The Hall–Kier alpha value is -2.83. The third-order valence-corrected chi connectivity index (χ3v) is 6.54. The van der Waals surface area contributed by atoms with E-state index >= 15 is 0 Å². The highest BCUT2D eigenvalue weighted by molar-refractivity contribution is 9.10. The number of allylic oxidation sites excluding steroid dienone is 6. The van der Waals surface area contributed by atoms with E-state index in [1.54, 1.807) is 24.3 Å².